The van der Waals surface area contributed by atoms with Gasteiger partial charge in [-0.05, 0) is 49.9 Å². The molecule has 0 heterocycles. The van der Waals surface area contributed by atoms with Crippen molar-refractivity contribution in [2.75, 3.05) is 6.54 Å². The molecule has 19 heavy (non-hydrogen) atoms. The molecular formula is C15H21ClN2O. The molecule has 3 atom stereocenters. The quantitative estimate of drug-likeness (QED) is 0.891. The minimum absolute atomic E-state index is 0.0229. The molecule has 104 valence electrons. The molecule has 1 saturated carbocycles. The zero-order valence-electron chi connectivity index (χ0n) is 11.2. The second kappa shape index (κ2) is 6.40. The number of hydrogen-bond acceptors (Lipinski definition) is 2. The highest BCUT2D eigenvalue weighted by atomic mass is 35.5. The van der Waals surface area contributed by atoms with Crippen molar-refractivity contribution in [1.29, 1.82) is 0 Å². The van der Waals surface area contributed by atoms with Crippen LogP contribution in [0.5, 0.6) is 0 Å². The van der Waals surface area contributed by atoms with Gasteiger partial charge in [0, 0.05) is 10.9 Å². The average Bonchev–Trinajstić information content (AvgIpc) is 2.87. The molecule has 1 amide bonds. The number of carbonyl (C=O) groups excluding carboxylic acids is 1. The largest absolute Gasteiger partial charge is 0.349 e. The summed E-state index contributed by atoms with van der Waals surface area (Å²) in [5.41, 5.74) is 6.76. The van der Waals surface area contributed by atoms with Crippen LogP contribution in [0.2, 0.25) is 5.02 Å². The second-order valence-corrected chi connectivity index (χ2v) is 5.75. The standard InChI is InChI=1S/C15H21ClN2O/c1-10(11-4-2-6-13(16)8-11)18-15(19)14-7-3-5-12(14)9-17/h2,4,6,8,10,12,14H,3,5,7,9,17H2,1H3,(H,18,19)/t10-,12?,14?/m0/s1. The molecular weight excluding hydrogens is 260 g/mol. The summed E-state index contributed by atoms with van der Waals surface area (Å²) in [4.78, 5) is 12.3. The van der Waals surface area contributed by atoms with Gasteiger partial charge in [0.15, 0.2) is 0 Å². The molecule has 3 nitrogen and oxygen atoms in total. The molecule has 3 N–H and O–H groups in total. The Bertz CT molecular complexity index is 450. The molecule has 1 fully saturated rings. The van der Waals surface area contributed by atoms with Gasteiger partial charge in [-0.3, -0.25) is 4.79 Å². The van der Waals surface area contributed by atoms with E-state index in [-0.39, 0.29) is 17.9 Å². The molecule has 0 aromatic heterocycles. The first-order chi connectivity index (χ1) is 9.11. The number of amides is 1. The van der Waals surface area contributed by atoms with Gasteiger partial charge in [-0.1, -0.05) is 30.2 Å². The van der Waals surface area contributed by atoms with E-state index in [4.69, 9.17) is 17.3 Å². The summed E-state index contributed by atoms with van der Waals surface area (Å²) in [5, 5.41) is 3.77. The predicted molar refractivity (Wildman–Crippen MR) is 77.9 cm³/mol. The smallest absolute Gasteiger partial charge is 0.223 e. The predicted octanol–water partition coefficient (Wildman–Crippen LogP) is 2.89. The van der Waals surface area contributed by atoms with Gasteiger partial charge in [-0.15, -0.1) is 0 Å². The van der Waals surface area contributed by atoms with Crippen LogP contribution in [-0.4, -0.2) is 12.5 Å². The van der Waals surface area contributed by atoms with E-state index >= 15 is 0 Å². The zero-order valence-corrected chi connectivity index (χ0v) is 12.0. The molecule has 0 saturated heterocycles. The van der Waals surface area contributed by atoms with Crippen LogP contribution in [0.25, 0.3) is 0 Å². The van der Waals surface area contributed by atoms with E-state index in [1.807, 2.05) is 31.2 Å². The Balaban J connectivity index is 1.98. The Kier molecular flexibility index (Phi) is 4.83. The molecule has 0 radical (unpaired) electrons. The SMILES string of the molecule is C[C@H](NC(=O)C1CCCC1CN)c1cccc(Cl)c1. The summed E-state index contributed by atoms with van der Waals surface area (Å²) in [5.74, 6) is 0.540. The molecule has 2 rings (SSSR count). The molecule has 0 bridgehead atoms. The Labute approximate surface area is 119 Å². The monoisotopic (exact) mass is 280 g/mol. The maximum absolute atomic E-state index is 12.3. The van der Waals surface area contributed by atoms with Gasteiger partial charge in [0.1, 0.15) is 0 Å². The summed E-state index contributed by atoms with van der Waals surface area (Å²) < 4.78 is 0. The molecule has 0 spiro atoms. The molecule has 4 heteroatoms. The van der Waals surface area contributed by atoms with Gasteiger partial charge in [0.05, 0.1) is 6.04 Å². The second-order valence-electron chi connectivity index (χ2n) is 5.32. The van der Waals surface area contributed by atoms with Gasteiger partial charge in [-0.25, -0.2) is 0 Å². The number of benzene rings is 1. The van der Waals surface area contributed by atoms with E-state index in [2.05, 4.69) is 5.32 Å². The van der Waals surface area contributed by atoms with Gasteiger partial charge in [0.25, 0.3) is 0 Å². The topological polar surface area (TPSA) is 55.1 Å². The van der Waals surface area contributed by atoms with Gasteiger partial charge >= 0.3 is 0 Å². The first-order valence-electron chi connectivity index (χ1n) is 6.87. The Morgan fingerprint density at radius 3 is 3.00 bits per heavy atom. The Morgan fingerprint density at radius 1 is 1.53 bits per heavy atom. The lowest BCUT2D eigenvalue weighted by atomic mass is 9.94. The first-order valence-corrected chi connectivity index (χ1v) is 7.25. The summed E-state index contributed by atoms with van der Waals surface area (Å²) in [6.45, 7) is 2.58. The van der Waals surface area contributed by atoms with Crippen molar-refractivity contribution < 1.29 is 4.79 Å². The van der Waals surface area contributed by atoms with Crippen molar-refractivity contribution in [3.05, 3.63) is 34.9 Å². The van der Waals surface area contributed by atoms with Crippen molar-refractivity contribution in [3.63, 3.8) is 0 Å². The normalized spacial score (nSPS) is 24.2. The average molecular weight is 281 g/mol. The van der Waals surface area contributed by atoms with Crippen LogP contribution in [0, 0.1) is 11.8 Å². The van der Waals surface area contributed by atoms with E-state index in [0.29, 0.717) is 17.5 Å². The number of carbonyl (C=O) groups is 1. The summed E-state index contributed by atoms with van der Waals surface area (Å²) >= 11 is 5.97. The van der Waals surface area contributed by atoms with Crippen LogP contribution < -0.4 is 11.1 Å². The fourth-order valence-corrected chi connectivity index (χ4v) is 3.04. The van der Waals surface area contributed by atoms with Crippen LogP contribution in [0.15, 0.2) is 24.3 Å². The Hall–Kier alpha value is -1.06. The van der Waals surface area contributed by atoms with Crippen molar-refractivity contribution in [2.24, 2.45) is 17.6 Å². The van der Waals surface area contributed by atoms with Crippen LogP contribution in [0.4, 0.5) is 0 Å². The lowest BCUT2D eigenvalue weighted by molar-refractivity contribution is -0.126. The molecule has 1 aliphatic carbocycles. The lowest BCUT2D eigenvalue weighted by Gasteiger charge is -2.21. The maximum Gasteiger partial charge on any atom is 0.223 e. The van der Waals surface area contributed by atoms with E-state index in [0.717, 1.165) is 24.8 Å². The van der Waals surface area contributed by atoms with Crippen molar-refractivity contribution in [3.8, 4) is 0 Å². The fraction of sp³-hybridized carbons (Fsp3) is 0.533. The summed E-state index contributed by atoms with van der Waals surface area (Å²) in [6.07, 6.45) is 3.13. The van der Waals surface area contributed by atoms with E-state index < -0.39 is 0 Å². The van der Waals surface area contributed by atoms with Crippen LogP contribution in [0.3, 0.4) is 0 Å². The van der Waals surface area contributed by atoms with Crippen LogP contribution >= 0.6 is 11.6 Å². The van der Waals surface area contributed by atoms with Crippen molar-refractivity contribution in [2.45, 2.75) is 32.2 Å². The zero-order chi connectivity index (χ0) is 13.8. The number of rotatable bonds is 4. The van der Waals surface area contributed by atoms with Crippen LogP contribution in [0.1, 0.15) is 37.8 Å². The highest BCUT2D eigenvalue weighted by Crippen LogP contribution is 2.31. The minimum Gasteiger partial charge on any atom is -0.349 e. The molecule has 0 aliphatic heterocycles. The third-order valence-electron chi connectivity index (χ3n) is 4.01. The maximum atomic E-state index is 12.3. The third-order valence-corrected chi connectivity index (χ3v) is 4.24. The number of nitrogens with one attached hydrogen (secondary N) is 1. The van der Waals surface area contributed by atoms with E-state index in [1.165, 1.54) is 0 Å². The Morgan fingerprint density at radius 2 is 2.32 bits per heavy atom. The van der Waals surface area contributed by atoms with Gasteiger partial charge in [0.2, 0.25) is 5.91 Å². The minimum atomic E-state index is -0.0229. The molecule has 1 aromatic rings. The highest BCUT2D eigenvalue weighted by molar-refractivity contribution is 6.30. The third kappa shape index (κ3) is 3.48. The van der Waals surface area contributed by atoms with Crippen molar-refractivity contribution >= 4 is 17.5 Å². The van der Waals surface area contributed by atoms with Gasteiger partial charge < -0.3 is 11.1 Å². The van der Waals surface area contributed by atoms with Crippen LogP contribution in [-0.2, 0) is 4.79 Å². The lowest BCUT2D eigenvalue weighted by Crippen LogP contribution is -2.36. The summed E-state index contributed by atoms with van der Waals surface area (Å²) in [7, 11) is 0. The van der Waals surface area contributed by atoms with Gasteiger partial charge in [-0.2, -0.15) is 0 Å². The number of hydrogen-bond donors (Lipinski definition) is 2. The number of nitrogens with two attached hydrogens (primary N) is 1. The molecule has 1 aromatic carbocycles. The van der Waals surface area contributed by atoms with E-state index in [9.17, 15) is 4.79 Å². The van der Waals surface area contributed by atoms with E-state index in [1.54, 1.807) is 0 Å². The molecule has 1 aliphatic rings. The first kappa shape index (κ1) is 14.4. The molecule has 2 unspecified atom stereocenters. The fourth-order valence-electron chi connectivity index (χ4n) is 2.84. The van der Waals surface area contributed by atoms with Crippen molar-refractivity contribution in [1.82, 2.24) is 5.32 Å². The summed E-state index contributed by atoms with van der Waals surface area (Å²) in [6, 6.07) is 7.58. The number of halogens is 1. The highest BCUT2D eigenvalue weighted by Gasteiger charge is 2.32.